The van der Waals surface area contributed by atoms with Crippen molar-refractivity contribution < 1.29 is 22.6 Å². The van der Waals surface area contributed by atoms with Gasteiger partial charge in [-0.25, -0.2) is 0 Å². The Morgan fingerprint density at radius 1 is 1.09 bits per heavy atom. The van der Waals surface area contributed by atoms with Crippen LogP contribution in [0.3, 0.4) is 0 Å². The number of methoxy groups -OCH3 is 1. The highest BCUT2D eigenvalue weighted by atomic mass is 19.4. The lowest BCUT2D eigenvalue weighted by molar-refractivity contribution is -0.139. The number of ether oxygens (including phenoxy) is 2. The van der Waals surface area contributed by atoms with Gasteiger partial charge in [0.1, 0.15) is 5.75 Å². The summed E-state index contributed by atoms with van der Waals surface area (Å²) in [5.74, 6) is -0.108. The quantitative estimate of drug-likeness (QED) is 0.646. The van der Waals surface area contributed by atoms with Crippen LogP contribution in [-0.2, 0) is 10.9 Å². The van der Waals surface area contributed by atoms with Crippen LogP contribution < -0.4 is 4.74 Å². The van der Waals surface area contributed by atoms with Crippen molar-refractivity contribution >= 4 is 0 Å². The number of benzene rings is 1. The molecule has 0 saturated carbocycles. The lowest BCUT2D eigenvalue weighted by Crippen LogP contribution is -2.35. The van der Waals surface area contributed by atoms with Crippen LogP contribution in [0.4, 0.5) is 13.2 Å². The molecule has 0 spiro atoms. The van der Waals surface area contributed by atoms with Gasteiger partial charge in [0.05, 0.1) is 18.8 Å². The highest BCUT2D eigenvalue weighted by Crippen LogP contribution is 2.35. The van der Waals surface area contributed by atoms with Gasteiger partial charge in [0, 0.05) is 26.2 Å². The van der Waals surface area contributed by atoms with Crippen molar-refractivity contribution in [3.05, 3.63) is 29.8 Å². The molecule has 0 aliphatic rings. The molecule has 0 amide bonds. The van der Waals surface area contributed by atoms with Gasteiger partial charge in [-0.2, -0.15) is 13.2 Å². The van der Waals surface area contributed by atoms with Gasteiger partial charge >= 0.3 is 6.18 Å². The van der Waals surface area contributed by atoms with Crippen LogP contribution in [0, 0.1) is 0 Å². The Morgan fingerprint density at radius 2 is 1.77 bits per heavy atom. The molecule has 0 radical (unpaired) electrons. The highest BCUT2D eigenvalue weighted by molar-refractivity contribution is 5.35. The van der Waals surface area contributed by atoms with Gasteiger partial charge in [0.15, 0.2) is 0 Å². The Morgan fingerprint density at radius 3 is 2.36 bits per heavy atom. The van der Waals surface area contributed by atoms with Gasteiger partial charge in [-0.05, 0) is 32.4 Å². The first-order valence-electron chi connectivity index (χ1n) is 7.38. The van der Waals surface area contributed by atoms with Gasteiger partial charge in [0.2, 0.25) is 0 Å². The number of nitrogens with zero attached hydrogens (tertiary/aromatic N) is 1. The van der Waals surface area contributed by atoms with Crippen LogP contribution >= 0.6 is 0 Å². The monoisotopic (exact) mass is 319 g/mol. The van der Waals surface area contributed by atoms with Crippen LogP contribution in [0.25, 0.3) is 0 Å². The average Bonchev–Trinajstić information content (AvgIpc) is 2.45. The minimum absolute atomic E-state index is 0.108. The molecule has 22 heavy (non-hydrogen) atoms. The van der Waals surface area contributed by atoms with Gasteiger partial charge in [0.25, 0.3) is 0 Å². The maximum atomic E-state index is 12.8. The molecule has 0 aliphatic carbocycles. The van der Waals surface area contributed by atoms with E-state index >= 15 is 0 Å². The molecule has 0 heterocycles. The molecule has 0 saturated heterocycles. The first-order valence-corrected chi connectivity index (χ1v) is 7.38. The second kappa shape index (κ2) is 9.00. The van der Waals surface area contributed by atoms with Crippen molar-refractivity contribution in [1.82, 2.24) is 4.90 Å². The lowest BCUT2D eigenvalue weighted by Gasteiger charge is -2.26. The zero-order valence-electron chi connectivity index (χ0n) is 13.3. The van der Waals surface area contributed by atoms with E-state index in [2.05, 4.69) is 18.7 Å². The first-order chi connectivity index (χ1) is 10.4. The standard InChI is InChI=1S/C16H24F3NO2/c1-13(2)20(10-12-21-3)9-6-11-22-15-8-5-4-7-14(15)16(17,18)19/h4-5,7-8,13H,6,9-12H2,1-3H3. The summed E-state index contributed by atoms with van der Waals surface area (Å²) in [4.78, 5) is 2.21. The fourth-order valence-electron chi connectivity index (χ4n) is 2.11. The maximum absolute atomic E-state index is 12.8. The minimum Gasteiger partial charge on any atom is -0.493 e. The van der Waals surface area contributed by atoms with Crippen molar-refractivity contribution in [3.8, 4) is 5.75 Å². The Hall–Kier alpha value is -1.27. The van der Waals surface area contributed by atoms with Gasteiger partial charge in [-0.1, -0.05) is 12.1 Å². The van der Waals surface area contributed by atoms with Crippen molar-refractivity contribution in [3.63, 3.8) is 0 Å². The Kier molecular flexibility index (Phi) is 7.68. The van der Waals surface area contributed by atoms with E-state index in [1.165, 1.54) is 12.1 Å². The summed E-state index contributed by atoms with van der Waals surface area (Å²) >= 11 is 0. The van der Waals surface area contributed by atoms with E-state index in [-0.39, 0.29) is 12.4 Å². The number of halogens is 3. The van der Waals surface area contributed by atoms with Crippen LogP contribution in [-0.4, -0.2) is 44.4 Å². The highest BCUT2D eigenvalue weighted by Gasteiger charge is 2.33. The summed E-state index contributed by atoms with van der Waals surface area (Å²) in [5, 5.41) is 0. The molecule has 0 bridgehead atoms. The molecule has 0 N–H and O–H groups in total. The molecule has 0 unspecified atom stereocenters. The second-order valence-corrected chi connectivity index (χ2v) is 5.32. The summed E-state index contributed by atoms with van der Waals surface area (Å²) in [6.45, 7) is 6.60. The fourth-order valence-corrected chi connectivity index (χ4v) is 2.11. The molecule has 126 valence electrons. The summed E-state index contributed by atoms with van der Waals surface area (Å²) in [6.07, 6.45) is -3.73. The molecule has 0 atom stereocenters. The lowest BCUT2D eigenvalue weighted by atomic mass is 10.2. The molecule has 1 aromatic carbocycles. The van der Waals surface area contributed by atoms with Crippen molar-refractivity contribution in [1.29, 1.82) is 0 Å². The number of hydrogen-bond acceptors (Lipinski definition) is 3. The molecule has 1 rings (SSSR count). The maximum Gasteiger partial charge on any atom is 0.419 e. The SMILES string of the molecule is COCCN(CCCOc1ccccc1C(F)(F)F)C(C)C. The fraction of sp³-hybridized carbons (Fsp3) is 0.625. The predicted molar refractivity (Wildman–Crippen MR) is 80.1 cm³/mol. The molecule has 3 nitrogen and oxygen atoms in total. The molecular formula is C16H24F3NO2. The van der Waals surface area contributed by atoms with E-state index in [1.54, 1.807) is 13.2 Å². The summed E-state index contributed by atoms with van der Waals surface area (Å²) in [7, 11) is 1.65. The molecule has 1 aromatic rings. The average molecular weight is 319 g/mol. The predicted octanol–water partition coefficient (Wildman–Crippen LogP) is 3.83. The summed E-state index contributed by atoms with van der Waals surface area (Å²) in [6, 6.07) is 5.66. The Bertz CT molecular complexity index is 436. The smallest absolute Gasteiger partial charge is 0.419 e. The van der Waals surface area contributed by atoms with Gasteiger partial charge in [-0.15, -0.1) is 0 Å². The van der Waals surface area contributed by atoms with E-state index in [0.717, 1.165) is 19.2 Å². The van der Waals surface area contributed by atoms with Crippen LogP contribution in [0.5, 0.6) is 5.75 Å². The third kappa shape index (κ3) is 6.23. The largest absolute Gasteiger partial charge is 0.493 e. The number of rotatable bonds is 9. The third-order valence-corrected chi connectivity index (χ3v) is 3.35. The Labute approximate surface area is 130 Å². The van der Waals surface area contributed by atoms with E-state index in [4.69, 9.17) is 9.47 Å². The number of para-hydroxylation sites is 1. The van der Waals surface area contributed by atoms with Crippen LogP contribution in [0.1, 0.15) is 25.8 Å². The number of alkyl halides is 3. The van der Waals surface area contributed by atoms with E-state index in [0.29, 0.717) is 19.1 Å². The minimum atomic E-state index is -4.39. The second-order valence-electron chi connectivity index (χ2n) is 5.32. The van der Waals surface area contributed by atoms with Crippen LogP contribution in [0.15, 0.2) is 24.3 Å². The topological polar surface area (TPSA) is 21.7 Å². The zero-order chi connectivity index (χ0) is 16.6. The van der Waals surface area contributed by atoms with E-state index < -0.39 is 11.7 Å². The van der Waals surface area contributed by atoms with Crippen molar-refractivity contribution in [2.75, 3.05) is 33.4 Å². The molecule has 6 heteroatoms. The molecule has 0 aliphatic heterocycles. The third-order valence-electron chi connectivity index (χ3n) is 3.35. The van der Waals surface area contributed by atoms with Gasteiger partial charge in [-0.3, -0.25) is 4.90 Å². The first kappa shape index (κ1) is 18.8. The van der Waals surface area contributed by atoms with Crippen molar-refractivity contribution in [2.45, 2.75) is 32.5 Å². The van der Waals surface area contributed by atoms with Gasteiger partial charge < -0.3 is 9.47 Å². The molecular weight excluding hydrogens is 295 g/mol. The van der Waals surface area contributed by atoms with Crippen molar-refractivity contribution in [2.24, 2.45) is 0 Å². The summed E-state index contributed by atoms with van der Waals surface area (Å²) in [5.41, 5.74) is -0.727. The van der Waals surface area contributed by atoms with E-state index in [9.17, 15) is 13.2 Å². The molecule has 0 fully saturated rings. The number of hydrogen-bond donors (Lipinski definition) is 0. The Balaban J connectivity index is 2.47. The summed E-state index contributed by atoms with van der Waals surface area (Å²) < 4.78 is 48.9. The van der Waals surface area contributed by atoms with Crippen LogP contribution in [0.2, 0.25) is 0 Å². The normalized spacial score (nSPS) is 12.2. The zero-order valence-corrected chi connectivity index (χ0v) is 13.3. The van der Waals surface area contributed by atoms with E-state index in [1.807, 2.05) is 0 Å². The molecule has 0 aromatic heterocycles.